The quantitative estimate of drug-likeness (QED) is 0.639. The largest absolute Gasteiger partial charge is 0.460 e. The highest BCUT2D eigenvalue weighted by atomic mass is 35.5. The number of hydrogen-bond acceptors (Lipinski definition) is 6. The molecule has 1 aliphatic rings. The SMILES string of the molecule is Cc1noc(C)c1-c1ccc(CNC(=O)N2CCC(Oc3ncccn3)CC2)c(Cl)c1. The van der Waals surface area contributed by atoms with Crippen LogP contribution in [0.3, 0.4) is 0 Å². The summed E-state index contributed by atoms with van der Waals surface area (Å²) in [4.78, 5) is 22.5. The zero-order chi connectivity index (χ0) is 21.8. The average molecular weight is 442 g/mol. The number of carbonyl (C=O) groups is 1. The van der Waals surface area contributed by atoms with E-state index >= 15 is 0 Å². The number of nitrogens with zero attached hydrogens (tertiary/aromatic N) is 4. The zero-order valence-electron chi connectivity index (χ0n) is 17.5. The van der Waals surface area contributed by atoms with Crippen LogP contribution in [0.25, 0.3) is 11.1 Å². The van der Waals surface area contributed by atoms with Gasteiger partial charge in [0.15, 0.2) is 0 Å². The summed E-state index contributed by atoms with van der Waals surface area (Å²) in [6.45, 7) is 5.35. The van der Waals surface area contributed by atoms with Crippen LogP contribution in [0.2, 0.25) is 5.02 Å². The lowest BCUT2D eigenvalue weighted by molar-refractivity contribution is 0.103. The van der Waals surface area contributed by atoms with E-state index in [-0.39, 0.29) is 12.1 Å². The van der Waals surface area contributed by atoms with Crippen LogP contribution in [-0.4, -0.2) is 45.2 Å². The third-order valence-electron chi connectivity index (χ3n) is 5.35. The fourth-order valence-electron chi connectivity index (χ4n) is 3.70. The molecular formula is C22H24ClN5O3. The maximum absolute atomic E-state index is 12.6. The van der Waals surface area contributed by atoms with Gasteiger partial charge in [-0.2, -0.15) is 0 Å². The van der Waals surface area contributed by atoms with Gasteiger partial charge in [-0.05, 0) is 37.1 Å². The molecule has 1 aliphatic heterocycles. The van der Waals surface area contributed by atoms with Crippen LogP contribution >= 0.6 is 11.6 Å². The number of likely N-dealkylation sites (tertiary alicyclic amines) is 1. The smallest absolute Gasteiger partial charge is 0.317 e. The molecule has 0 aliphatic carbocycles. The highest BCUT2D eigenvalue weighted by Crippen LogP contribution is 2.30. The van der Waals surface area contributed by atoms with Crippen molar-refractivity contribution in [3.63, 3.8) is 0 Å². The Hall–Kier alpha value is -3.13. The second kappa shape index (κ2) is 9.34. The number of piperidine rings is 1. The number of amides is 2. The Morgan fingerprint density at radius 1 is 1.26 bits per heavy atom. The van der Waals surface area contributed by atoms with E-state index in [0.717, 1.165) is 41.0 Å². The minimum Gasteiger partial charge on any atom is -0.460 e. The van der Waals surface area contributed by atoms with Gasteiger partial charge < -0.3 is 19.5 Å². The maximum atomic E-state index is 12.6. The van der Waals surface area contributed by atoms with Gasteiger partial charge in [0.2, 0.25) is 0 Å². The highest BCUT2D eigenvalue weighted by Gasteiger charge is 2.24. The summed E-state index contributed by atoms with van der Waals surface area (Å²) < 4.78 is 11.0. The zero-order valence-corrected chi connectivity index (χ0v) is 18.2. The Balaban J connectivity index is 1.29. The van der Waals surface area contributed by atoms with Gasteiger partial charge in [-0.25, -0.2) is 14.8 Å². The van der Waals surface area contributed by atoms with Crippen LogP contribution in [0, 0.1) is 13.8 Å². The molecule has 3 aromatic rings. The predicted octanol–water partition coefficient (Wildman–Crippen LogP) is 4.15. The number of rotatable bonds is 5. The van der Waals surface area contributed by atoms with Crippen molar-refractivity contribution < 1.29 is 14.1 Å². The number of benzene rings is 1. The third kappa shape index (κ3) is 4.96. The molecule has 1 aromatic carbocycles. The van der Waals surface area contributed by atoms with Gasteiger partial charge in [0, 0.05) is 55.5 Å². The number of halogens is 1. The van der Waals surface area contributed by atoms with E-state index in [4.69, 9.17) is 20.9 Å². The monoisotopic (exact) mass is 441 g/mol. The van der Waals surface area contributed by atoms with Crippen molar-refractivity contribution in [2.45, 2.75) is 39.3 Å². The molecule has 2 amide bonds. The van der Waals surface area contributed by atoms with Crippen LogP contribution in [0.15, 0.2) is 41.2 Å². The van der Waals surface area contributed by atoms with Gasteiger partial charge in [0.05, 0.1) is 5.69 Å². The second-order valence-corrected chi connectivity index (χ2v) is 7.91. The molecule has 31 heavy (non-hydrogen) atoms. The van der Waals surface area contributed by atoms with Crippen LogP contribution in [-0.2, 0) is 6.54 Å². The Morgan fingerprint density at radius 3 is 2.65 bits per heavy atom. The molecule has 0 unspecified atom stereocenters. The molecule has 162 valence electrons. The Morgan fingerprint density at radius 2 is 2.00 bits per heavy atom. The number of ether oxygens (including phenoxy) is 1. The van der Waals surface area contributed by atoms with Crippen molar-refractivity contribution in [3.05, 3.63) is 58.7 Å². The first kappa shape index (κ1) is 21.1. The third-order valence-corrected chi connectivity index (χ3v) is 5.70. The summed E-state index contributed by atoms with van der Waals surface area (Å²) >= 11 is 6.47. The lowest BCUT2D eigenvalue weighted by Crippen LogP contribution is -2.46. The van der Waals surface area contributed by atoms with Crippen molar-refractivity contribution in [2.75, 3.05) is 13.1 Å². The van der Waals surface area contributed by atoms with Crippen molar-refractivity contribution in [1.29, 1.82) is 0 Å². The summed E-state index contributed by atoms with van der Waals surface area (Å²) in [5.74, 6) is 0.751. The molecular weight excluding hydrogens is 418 g/mol. The van der Waals surface area contributed by atoms with Gasteiger partial charge in [0.1, 0.15) is 11.9 Å². The first-order valence-corrected chi connectivity index (χ1v) is 10.6. The molecule has 0 saturated carbocycles. The molecule has 1 fully saturated rings. The average Bonchev–Trinajstić information content (AvgIpc) is 3.12. The topological polar surface area (TPSA) is 93.4 Å². The summed E-state index contributed by atoms with van der Waals surface area (Å²) in [6, 6.07) is 7.78. The van der Waals surface area contributed by atoms with Crippen LogP contribution in [0.5, 0.6) is 6.01 Å². The summed E-state index contributed by atoms with van der Waals surface area (Å²) in [5.41, 5.74) is 3.56. The number of nitrogens with one attached hydrogen (secondary N) is 1. The van der Waals surface area contributed by atoms with E-state index in [1.54, 1.807) is 23.4 Å². The van der Waals surface area contributed by atoms with Crippen molar-refractivity contribution in [3.8, 4) is 17.1 Å². The summed E-state index contributed by atoms with van der Waals surface area (Å²) in [5, 5.41) is 7.54. The Labute approximate surface area is 185 Å². The maximum Gasteiger partial charge on any atom is 0.317 e. The Bertz CT molecular complexity index is 1030. The first-order valence-electron chi connectivity index (χ1n) is 10.2. The predicted molar refractivity (Wildman–Crippen MR) is 116 cm³/mol. The first-order chi connectivity index (χ1) is 15.0. The molecule has 0 spiro atoms. The van der Waals surface area contributed by atoms with E-state index in [1.807, 2.05) is 32.0 Å². The van der Waals surface area contributed by atoms with E-state index < -0.39 is 0 Å². The molecule has 1 N–H and O–H groups in total. The van der Waals surface area contributed by atoms with Crippen LogP contribution in [0.4, 0.5) is 4.79 Å². The highest BCUT2D eigenvalue weighted by molar-refractivity contribution is 6.31. The lowest BCUT2D eigenvalue weighted by atomic mass is 10.0. The normalized spacial score (nSPS) is 14.5. The fourth-order valence-corrected chi connectivity index (χ4v) is 3.94. The fraction of sp³-hybridized carbons (Fsp3) is 0.364. The standard InChI is InChI=1S/C22H24ClN5O3/c1-14-20(15(2)31-27-14)16-4-5-17(19(23)12-16)13-26-22(29)28-10-6-18(7-11-28)30-21-24-8-3-9-25-21/h3-5,8-9,12,18H,6-7,10-11,13H2,1-2H3,(H,26,29). The minimum absolute atomic E-state index is 0.0118. The summed E-state index contributed by atoms with van der Waals surface area (Å²) in [6.07, 6.45) is 4.78. The molecule has 2 aromatic heterocycles. The Kier molecular flexibility index (Phi) is 6.36. The van der Waals surface area contributed by atoms with Crippen molar-refractivity contribution in [1.82, 2.24) is 25.3 Å². The van der Waals surface area contributed by atoms with Gasteiger partial charge >= 0.3 is 12.0 Å². The minimum atomic E-state index is -0.111. The molecule has 3 heterocycles. The van der Waals surface area contributed by atoms with Crippen molar-refractivity contribution >= 4 is 17.6 Å². The second-order valence-electron chi connectivity index (χ2n) is 7.50. The lowest BCUT2D eigenvalue weighted by Gasteiger charge is -2.31. The van der Waals surface area contributed by atoms with E-state index in [9.17, 15) is 4.79 Å². The molecule has 0 radical (unpaired) electrons. The van der Waals surface area contributed by atoms with E-state index in [2.05, 4.69) is 20.4 Å². The number of carbonyl (C=O) groups excluding carboxylic acids is 1. The van der Waals surface area contributed by atoms with E-state index in [0.29, 0.717) is 30.7 Å². The van der Waals surface area contributed by atoms with Crippen LogP contribution < -0.4 is 10.1 Å². The molecule has 8 nitrogen and oxygen atoms in total. The molecule has 1 saturated heterocycles. The molecule has 4 rings (SSSR count). The van der Waals surface area contributed by atoms with E-state index in [1.165, 1.54) is 0 Å². The van der Waals surface area contributed by atoms with Crippen molar-refractivity contribution in [2.24, 2.45) is 0 Å². The van der Waals surface area contributed by atoms with Gasteiger partial charge in [-0.1, -0.05) is 28.9 Å². The number of urea groups is 1. The number of aromatic nitrogens is 3. The number of aryl methyl sites for hydroxylation is 2. The molecule has 0 bridgehead atoms. The van der Waals surface area contributed by atoms with Gasteiger partial charge in [0.25, 0.3) is 0 Å². The summed E-state index contributed by atoms with van der Waals surface area (Å²) in [7, 11) is 0. The van der Waals surface area contributed by atoms with Gasteiger partial charge in [-0.15, -0.1) is 0 Å². The van der Waals surface area contributed by atoms with Gasteiger partial charge in [-0.3, -0.25) is 0 Å². The molecule has 0 atom stereocenters. The molecule has 9 heteroatoms. The van der Waals surface area contributed by atoms with Crippen LogP contribution in [0.1, 0.15) is 29.9 Å². The number of hydrogen-bond donors (Lipinski definition) is 1.